The lowest BCUT2D eigenvalue weighted by atomic mass is 9.80. The van der Waals surface area contributed by atoms with Crippen molar-refractivity contribution < 1.29 is 40.7 Å². The molecule has 1 heterocycles. The van der Waals surface area contributed by atoms with Crippen LogP contribution in [0, 0.1) is 34.9 Å². The van der Waals surface area contributed by atoms with Gasteiger partial charge >= 0.3 is 0 Å². The second-order valence-electron chi connectivity index (χ2n) is 11.0. The van der Waals surface area contributed by atoms with Gasteiger partial charge in [0, 0.05) is 36.6 Å². The molecule has 5 nitrogen and oxygen atoms in total. The molecule has 2 atom stereocenters. The second-order valence-corrected chi connectivity index (χ2v) is 11.0. The first kappa shape index (κ1) is 30.4. The van der Waals surface area contributed by atoms with E-state index in [1.165, 1.54) is 31.4 Å². The number of halogens is 6. The maximum atomic E-state index is 15.4. The lowest BCUT2D eigenvalue weighted by molar-refractivity contribution is -0.122. The van der Waals surface area contributed by atoms with E-state index >= 15 is 4.39 Å². The van der Waals surface area contributed by atoms with Crippen molar-refractivity contribution in [1.29, 1.82) is 0 Å². The molecule has 0 bridgehead atoms. The number of fused-ring (bicyclic) bond motifs is 1. The van der Waals surface area contributed by atoms with E-state index in [-0.39, 0.29) is 47.0 Å². The quantitative estimate of drug-likeness (QED) is 0.164. The molecule has 2 aliphatic rings. The highest BCUT2D eigenvalue weighted by molar-refractivity contribution is 6.02. The largest absolute Gasteiger partial charge is 0.384 e. The van der Waals surface area contributed by atoms with Gasteiger partial charge in [-0.2, -0.15) is 0 Å². The maximum absolute atomic E-state index is 15.4. The molecule has 0 aromatic heterocycles. The average Bonchev–Trinajstić information content (AvgIpc) is 3.67. The number of hydrogen-bond donors (Lipinski definition) is 1. The molecule has 1 aliphatic carbocycles. The molecule has 6 rings (SSSR count). The number of rotatable bonds is 8. The second kappa shape index (κ2) is 12.0. The molecule has 1 N–H and O–H groups in total. The fourth-order valence-corrected chi connectivity index (χ4v) is 5.98. The van der Waals surface area contributed by atoms with E-state index in [1.54, 1.807) is 6.07 Å². The fourth-order valence-electron chi connectivity index (χ4n) is 5.98. The van der Waals surface area contributed by atoms with Crippen molar-refractivity contribution in [2.45, 2.75) is 37.3 Å². The highest BCUT2D eigenvalue weighted by atomic mass is 19.2. The first-order chi connectivity index (χ1) is 21.6. The van der Waals surface area contributed by atoms with Crippen LogP contribution in [0.1, 0.15) is 53.1 Å². The summed E-state index contributed by atoms with van der Waals surface area (Å²) in [7, 11) is 1.52. The van der Waals surface area contributed by atoms with Crippen LogP contribution < -0.4 is 5.32 Å². The van der Waals surface area contributed by atoms with Gasteiger partial charge in [-0.05, 0) is 71.5 Å². The van der Waals surface area contributed by atoms with E-state index in [4.69, 9.17) is 9.57 Å². The number of nitrogens with zero attached hydrogens (tertiary/aromatic N) is 1. The zero-order chi connectivity index (χ0) is 31.9. The van der Waals surface area contributed by atoms with E-state index in [9.17, 15) is 26.7 Å². The SMILES string of the molecule is COCCC(=O)NC1CCc2cc(C3=NOC(c4cccc(-c5ccc(F)c(F)c5F)c4)(c4ccc(F)c(F)c4F)C3)ccc21. The molecule has 11 heteroatoms. The third kappa shape index (κ3) is 5.45. The minimum absolute atomic E-state index is 0.111. The summed E-state index contributed by atoms with van der Waals surface area (Å²) in [5.41, 5.74) is 0.777. The summed E-state index contributed by atoms with van der Waals surface area (Å²) >= 11 is 0. The summed E-state index contributed by atoms with van der Waals surface area (Å²) in [6.45, 7) is 0.309. The van der Waals surface area contributed by atoms with Gasteiger partial charge < -0.3 is 14.9 Å². The van der Waals surface area contributed by atoms with Crippen LogP contribution in [-0.4, -0.2) is 25.3 Å². The molecule has 0 saturated heterocycles. The highest BCUT2D eigenvalue weighted by Gasteiger charge is 2.46. The Morgan fingerprint density at radius 1 is 0.911 bits per heavy atom. The van der Waals surface area contributed by atoms with Gasteiger partial charge in [0.25, 0.3) is 0 Å². The first-order valence-corrected chi connectivity index (χ1v) is 14.2. The van der Waals surface area contributed by atoms with Crippen LogP contribution in [0.2, 0.25) is 0 Å². The van der Waals surface area contributed by atoms with E-state index in [0.717, 1.165) is 35.4 Å². The summed E-state index contributed by atoms with van der Waals surface area (Å²) in [5, 5.41) is 7.25. The van der Waals surface area contributed by atoms with E-state index in [0.29, 0.717) is 30.7 Å². The predicted molar refractivity (Wildman–Crippen MR) is 153 cm³/mol. The molecule has 1 amide bonds. The van der Waals surface area contributed by atoms with Crippen LogP contribution in [0.3, 0.4) is 0 Å². The van der Waals surface area contributed by atoms with Gasteiger partial charge in [0.2, 0.25) is 5.91 Å². The van der Waals surface area contributed by atoms with Crippen molar-refractivity contribution in [2.75, 3.05) is 13.7 Å². The molecule has 4 aromatic rings. The first-order valence-electron chi connectivity index (χ1n) is 14.2. The van der Waals surface area contributed by atoms with Gasteiger partial charge in [-0.3, -0.25) is 4.79 Å². The third-order valence-electron chi connectivity index (χ3n) is 8.30. The predicted octanol–water partition coefficient (Wildman–Crippen LogP) is 7.40. The number of hydrogen-bond acceptors (Lipinski definition) is 4. The number of benzene rings is 4. The van der Waals surface area contributed by atoms with Gasteiger partial charge in [-0.15, -0.1) is 0 Å². The van der Waals surface area contributed by atoms with Crippen LogP contribution in [0.25, 0.3) is 11.1 Å². The molecular weight excluding hydrogens is 598 g/mol. The van der Waals surface area contributed by atoms with Crippen molar-refractivity contribution in [3.63, 3.8) is 0 Å². The number of oxime groups is 1. The Bertz CT molecular complexity index is 1850. The van der Waals surface area contributed by atoms with Gasteiger partial charge in [0.1, 0.15) is 0 Å². The minimum atomic E-state index is -1.82. The summed E-state index contributed by atoms with van der Waals surface area (Å²) in [4.78, 5) is 18.2. The average molecular weight is 625 g/mol. The molecule has 4 aromatic carbocycles. The summed E-state index contributed by atoms with van der Waals surface area (Å²) in [6, 6.07) is 14.8. The summed E-state index contributed by atoms with van der Waals surface area (Å²) < 4.78 is 91.4. The number of carbonyl (C=O) groups excluding carboxylic acids is 1. The number of ether oxygens (including phenoxy) is 1. The monoisotopic (exact) mass is 624 g/mol. The van der Waals surface area contributed by atoms with Crippen LogP contribution >= 0.6 is 0 Å². The summed E-state index contributed by atoms with van der Waals surface area (Å²) in [6.07, 6.45) is 1.48. The topological polar surface area (TPSA) is 59.9 Å². The zero-order valence-corrected chi connectivity index (χ0v) is 23.9. The standard InChI is InChI=1S/C34H26F6N2O3/c1-44-14-13-29(43)41-27-12-6-19-15-20(5-7-22(19)27)28-17-34(45-42-28,24-9-11-26(36)33(40)31(24)38)21-4-2-3-18(16-21)23-8-10-25(35)32(39)30(23)37/h2-5,7-11,15-16,27H,6,12-14,17H2,1H3,(H,41,43). The van der Waals surface area contributed by atoms with Crippen molar-refractivity contribution in [3.8, 4) is 11.1 Å². The Labute approximate surface area is 254 Å². The van der Waals surface area contributed by atoms with E-state index in [2.05, 4.69) is 10.5 Å². The maximum Gasteiger partial charge on any atom is 0.222 e. The Balaban J connectivity index is 1.37. The third-order valence-corrected chi connectivity index (χ3v) is 8.30. The normalized spacial score (nSPS) is 18.8. The van der Waals surface area contributed by atoms with E-state index < -0.39 is 40.5 Å². The smallest absolute Gasteiger partial charge is 0.222 e. The Kier molecular flexibility index (Phi) is 8.13. The van der Waals surface area contributed by atoms with E-state index in [1.807, 2.05) is 12.1 Å². The van der Waals surface area contributed by atoms with Crippen molar-refractivity contribution in [2.24, 2.45) is 5.16 Å². The molecule has 2 unspecified atom stereocenters. The molecule has 45 heavy (non-hydrogen) atoms. The van der Waals surface area contributed by atoms with Gasteiger partial charge in [0.05, 0.1) is 18.4 Å². The number of methoxy groups -OCH3 is 1. The Morgan fingerprint density at radius 3 is 2.44 bits per heavy atom. The van der Waals surface area contributed by atoms with Crippen molar-refractivity contribution in [1.82, 2.24) is 5.32 Å². The molecule has 232 valence electrons. The molecule has 1 aliphatic heterocycles. The highest BCUT2D eigenvalue weighted by Crippen LogP contribution is 2.45. The van der Waals surface area contributed by atoms with Gasteiger partial charge in [0.15, 0.2) is 40.5 Å². The Hall–Kier alpha value is -4.64. The number of carbonyl (C=O) groups is 1. The zero-order valence-electron chi connectivity index (χ0n) is 23.9. The molecular formula is C34H26F6N2O3. The van der Waals surface area contributed by atoms with Crippen molar-refractivity contribution >= 4 is 11.6 Å². The fraction of sp³-hybridized carbons (Fsp3) is 0.235. The van der Waals surface area contributed by atoms with Crippen LogP contribution in [-0.2, 0) is 26.4 Å². The molecule has 0 fully saturated rings. The Morgan fingerprint density at radius 2 is 1.67 bits per heavy atom. The minimum Gasteiger partial charge on any atom is -0.384 e. The number of nitrogens with one attached hydrogen (secondary N) is 1. The molecule has 0 radical (unpaired) electrons. The van der Waals surface area contributed by atoms with Gasteiger partial charge in [-0.1, -0.05) is 35.5 Å². The van der Waals surface area contributed by atoms with Crippen LogP contribution in [0.15, 0.2) is 71.9 Å². The lowest BCUT2D eigenvalue weighted by Gasteiger charge is -2.29. The lowest BCUT2D eigenvalue weighted by Crippen LogP contribution is -2.30. The van der Waals surface area contributed by atoms with Crippen LogP contribution in [0.5, 0.6) is 0 Å². The number of aryl methyl sites for hydroxylation is 1. The molecule has 0 saturated carbocycles. The van der Waals surface area contributed by atoms with Crippen LogP contribution in [0.4, 0.5) is 26.3 Å². The van der Waals surface area contributed by atoms with Gasteiger partial charge in [-0.25, -0.2) is 26.3 Å². The number of amides is 1. The molecule has 0 spiro atoms. The summed E-state index contributed by atoms with van der Waals surface area (Å²) in [5.74, 6) is -9.16. The van der Waals surface area contributed by atoms with Crippen molar-refractivity contribution in [3.05, 3.63) is 129 Å².